The van der Waals surface area contributed by atoms with Crippen LogP contribution in [0, 0.1) is 0 Å². The van der Waals surface area contributed by atoms with Crippen LogP contribution in [0.3, 0.4) is 0 Å². The van der Waals surface area contributed by atoms with E-state index in [4.69, 9.17) is 0 Å². The molecule has 0 unspecified atom stereocenters. The van der Waals surface area contributed by atoms with Crippen molar-refractivity contribution in [2.45, 2.75) is 0 Å². The van der Waals surface area contributed by atoms with Crippen molar-refractivity contribution in [3.63, 3.8) is 0 Å². The number of hydrogen-bond donors (Lipinski definition) is 0. The van der Waals surface area contributed by atoms with E-state index in [9.17, 15) is 0 Å². The molecule has 0 aliphatic rings. The first-order chi connectivity index (χ1) is 1.41. The van der Waals surface area contributed by atoms with Crippen LogP contribution in [0.4, 0.5) is 0 Å². The fraction of sp³-hybridized carbons (Fsp3) is 0. The fourth-order valence-electron chi connectivity index (χ4n) is 0. The minimum absolute atomic E-state index is 0. The number of halogens is 2. The SMILES string of the molecule is ClOCl.[SiH4].[W]. The van der Waals surface area contributed by atoms with Gasteiger partial charge in [0.25, 0.3) is 0 Å². The number of hydrogen-bond acceptors (Lipinski definition) is 1. The van der Waals surface area contributed by atoms with Gasteiger partial charge in [-0.15, -0.1) is 0 Å². The molecule has 0 saturated carbocycles. The van der Waals surface area contributed by atoms with Crippen molar-refractivity contribution in [2.24, 2.45) is 0 Å². The maximum atomic E-state index is 4.26. The van der Waals surface area contributed by atoms with Gasteiger partial charge in [-0.1, -0.05) is 0 Å². The molecule has 5 heavy (non-hydrogen) atoms. The van der Waals surface area contributed by atoms with Crippen molar-refractivity contribution in [2.75, 3.05) is 0 Å². The van der Waals surface area contributed by atoms with Crippen LogP contribution in [-0.2, 0) is 24.9 Å². The van der Waals surface area contributed by atoms with Crippen molar-refractivity contribution in [3.05, 3.63) is 0 Å². The average Bonchev–Trinajstić information content (AvgIpc) is 0.918. The van der Waals surface area contributed by atoms with Crippen molar-refractivity contribution in [3.8, 4) is 0 Å². The summed E-state index contributed by atoms with van der Waals surface area (Å²) in [5, 5.41) is 0. The van der Waals surface area contributed by atoms with Crippen LogP contribution >= 0.6 is 23.7 Å². The molecule has 0 bridgehead atoms. The smallest absolute Gasteiger partial charge is 0.0832 e. The van der Waals surface area contributed by atoms with E-state index in [-0.39, 0.29) is 32.0 Å². The van der Waals surface area contributed by atoms with Gasteiger partial charge in [0.05, 0.1) is 23.7 Å². The summed E-state index contributed by atoms with van der Waals surface area (Å²) in [7, 11) is 0. The van der Waals surface area contributed by atoms with E-state index in [1.165, 1.54) is 0 Å². The van der Waals surface area contributed by atoms with Gasteiger partial charge >= 0.3 is 0 Å². The van der Waals surface area contributed by atoms with Crippen LogP contribution in [0.15, 0.2) is 0 Å². The summed E-state index contributed by atoms with van der Waals surface area (Å²) in [5.41, 5.74) is 0. The second-order valence-corrected chi connectivity index (χ2v) is 0.525. The van der Waals surface area contributed by atoms with E-state index in [0.717, 1.165) is 0 Å². The first kappa shape index (κ1) is 16.1. The van der Waals surface area contributed by atoms with Crippen molar-refractivity contribution < 1.29 is 24.9 Å². The van der Waals surface area contributed by atoms with Gasteiger partial charge in [-0.25, -0.2) is 0 Å². The molecule has 0 amide bonds. The van der Waals surface area contributed by atoms with E-state index in [1.807, 2.05) is 0 Å². The summed E-state index contributed by atoms with van der Waals surface area (Å²) < 4.78 is 3.19. The third-order valence-corrected chi connectivity index (χ3v) is 0. The third kappa shape index (κ3) is 30.9. The zero-order chi connectivity index (χ0) is 2.71. The van der Waals surface area contributed by atoms with E-state index in [0.29, 0.717) is 0 Å². The zero-order valence-electron chi connectivity index (χ0n) is 1.57. The summed E-state index contributed by atoms with van der Waals surface area (Å²) in [6.07, 6.45) is 0. The standard InChI is InChI=1S/Cl2O.H4Si.W/c1-3-2;;/h;1H4;. The van der Waals surface area contributed by atoms with Gasteiger partial charge in [0.1, 0.15) is 0 Å². The maximum absolute atomic E-state index is 4.26. The Morgan fingerprint density at radius 3 is 1.20 bits per heavy atom. The molecular weight excluding hydrogens is 299 g/mol. The maximum Gasteiger partial charge on any atom is 0.0832 e. The van der Waals surface area contributed by atoms with Gasteiger partial charge < -0.3 is 0 Å². The third-order valence-electron chi connectivity index (χ3n) is 0. The molecule has 0 aliphatic carbocycles. The first-order valence-electron chi connectivity index (χ1n) is 0.309. The van der Waals surface area contributed by atoms with E-state index < -0.39 is 0 Å². The Balaban J connectivity index is -0.0000000200. The van der Waals surface area contributed by atoms with Crippen LogP contribution in [0.25, 0.3) is 0 Å². The van der Waals surface area contributed by atoms with Crippen LogP contribution in [0.5, 0.6) is 0 Å². The summed E-state index contributed by atoms with van der Waals surface area (Å²) in [6.45, 7) is 0. The molecular formula is H4Cl2OSiW. The molecule has 0 heterocycles. The van der Waals surface area contributed by atoms with Crippen LogP contribution < -0.4 is 0 Å². The molecule has 0 atom stereocenters. The molecule has 0 rings (SSSR count). The molecule has 0 radical (unpaired) electrons. The second-order valence-electron chi connectivity index (χ2n) is 0.0583. The van der Waals surface area contributed by atoms with Gasteiger partial charge in [0.15, 0.2) is 0 Å². The van der Waals surface area contributed by atoms with Crippen molar-refractivity contribution in [1.29, 1.82) is 0 Å². The molecule has 0 aromatic carbocycles. The Labute approximate surface area is 59.6 Å². The van der Waals surface area contributed by atoms with Gasteiger partial charge in [-0.3, -0.25) is 0 Å². The topological polar surface area (TPSA) is 9.23 Å². The summed E-state index contributed by atoms with van der Waals surface area (Å²) >= 11 is 8.53. The molecule has 0 N–H and O–H groups in total. The molecule has 0 aromatic rings. The molecule has 34 valence electrons. The Bertz CT molecular complexity index is 9.61. The van der Waals surface area contributed by atoms with Crippen molar-refractivity contribution >= 4 is 34.7 Å². The molecule has 0 aliphatic heterocycles. The fourth-order valence-corrected chi connectivity index (χ4v) is 0. The first-order valence-corrected chi connectivity index (χ1v) is 0.926. The van der Waals surface area contributed by atoms with Crippen LogP contribution in [0.1, 0.15) is 0 Å². The molecule has 0 aromatic heterocycles. The molecule has 0 spiro atoms. The summed E-state index contributed by atoms with van der Waals surface area (Å²) in [5.74, 6) is 0. The Kier molecular flexibility index (Phi) is 57.9. The Morgan fingerprint density at radius 1 is 1.20 bits per heavy atom. The minimum atomic E-state index is 0. The zero-order valence-corrected chi connectivity index (χ0v) is 6.02. The van der Waals surface area contributed by atoms with Crippen molar-refractivity contribution in [1.82, 2.24) is 0 Å². The summed E-state index contributed by atoms with van der Waals surface area (Å²) in [4.78, 5) is 0. The van der Waals surface area contributed by atoms with Gasteiger partial charge in [-0.2, -0.15) is 3.84 Å². The quantitative estimate of drug-likeness (QED) is 0.566. The van der Waals surface area contributed by atoms with E-state index in [1.54, 1.807) is 0 Å². The monoisotopic (exact) mass is 302 g/mol. The molecule has 0 saturated heterocycles. The molecule has 0 fully saturated rings. The minimum Gasteiger partial charge on any atom is -0.166 e. The normalized spacial score (nSPS) is 3.60. The van der Waals surface area contributed by atoms with Gasteiger partial charge in [0.2, 0.25) is 0 Å². The Morgan fingerprint density at radius 2 is 1.20 bits per heavy atom. The predicted octanol–water partition coefficient (Wildman–Crippen LogP) is -0.144. The Hall–Kier alpha value is 1.45. The molecule has 1 nitrogen and oxygen atoms in total. The average molecular weight is 303 g/mol. The van der Waals surface area contributed by atoms with Gasteiger partial charge in [0, 0.05) is 21.1 Å². The van der Waals surface area contributed by atoms with Crippen LogP contribution in [-0.4, -0.2) is 11.0 Å². The van der Waals surface area contributed by atoms with E-state index >= 15 is 0 Å². The second kappa shape index (κ2) is 18.0. The summed E-state index contributed by atoms with van der Waals surface area (Å²) in [6, 6.07) is 0. The molecule has 5 heteroatoms. The predicted molar refractivity (Wildman–Crippen MR) is 24.1 cm³/mol. The number of rotatable bonds is 0. The van der Waals surface area contributed by atoms with Crippen LogP contribution in [0.2, 0.25) is 0 Å². The van der Waals surface area contributed by atoms with E-state index in [2.05, 4.69) is 27.6 Å². The largest absolute Gasteiger partial charge is 0.166 e. The van der Waals surface area contributed by atoms with Gasteiger partial charge in [-0.05, 0) is 11.0 Å².